The van der Waals surface area contributed by atoms with Gasteiger partial charge in [-0.2, -0.15) is 0 Å². The molecule has 1 aromatic rings. The van der Waals surface area contributed by atoms with Gasteiger partial charge in [-0.05, 0) is 19.7 Å². The van der Waals surface area contributed by atoms with Crippen molar-refractivity contribution >= 4 is 11.6 Å². The zero-order valence-electron chi connectivity index (χ0n) is 9.56. The molecule has 0 saturated heterocycles. The number of carbonyl (C=O) groups is 2. The van der Waals surface area contributed by atoms with E-state index in [1.54, 1.807) is 6.07 Å². The van der Waals surface area contributed by atoms with Crippen LogP contribution in [-0.2, 0) is 4.79 Å². The summed E-state index contributed by atoms with van der Waals surface area (Å²) in [5, 5.41) is 0. The maximum Gasteiger partial charge on any atom is 0.228 e. The molecule has 0 aromatic heterocycles. The standard InChI is InChI=1S/C13H15NO2/c1-14(2)8-9-7-12(15)13(16)11-6-4-3-5-10(9)11/h3-6,9H,7-8H2,1-2H3. The molecule has 0 bridgehead atoms. The molecule has 0 saturated carbocycles. The number of hydrogen-bond acceptors (Lipinski definition) is 3. The summed E-state index contributed by atoms with van der Waals surface area (Å²) in [5.74, 6) is -0.437. The summed E-state index contributed by atoms with van der Waals surface area (Å²) in [5.41, 5.74) is 1.60. The quantitative estimate of drug-likeness (QED) is 0.704. The van der Waals surface area contributed by atoms with Gasteiger partial charge in [0.25, 0.3) is 0 Å². The van der Waals surface area contributed by atoms with Gasteiger partial charge in [-0.1, -0.05) is 24.3 Å². The van der Waals surface area contributed by atoms with Crippen molar-refractivity contribution in [1.82, 2.24) is 4.90 Å². The molecule has 0 radical (unpaired) electrons. The number of nitrogens with zero attached hydrogens (tertiary/aromatic N) is 1. The lowest BCUT2D eigenvalue weighted by Crippen LogP contribution is -2.31. The van der Waals surface area contributed by atoms with Crippen LogP contribution in [0.4, 0.5) is 0 Å². The molecule has 16 heavy (non-hydrogen) atoms. The van der Waals surface area contributed by atoms with Crippen molar-refractivity contribution in [3.63, 3.8) is 0 Å². The molecule has 0 amide bonds. The van der Waals surface area contributed by atoms with Gasteiger partial charge in [-0.25, -0.2) is 0 Å². The largest absolute Gasteiger partial charge is 0.309 e. The lowest BCUT2D eigenvalue weighted by Gasteiger charge is -2.26. The van der Waals surface area contributed by atoms with Gasteiger partial charge in [0.1, 0.15) is 0 Å². The van der Waals surface area contributed by atoms with E-state index < -0.39 is 0 Å². The summed E-state index contributed by atoms with van der Waals surface area (Å²) in [6.07, 6.45) is 0.341. The Labute approximate surface area is 95.1 Å². The van der Waals surface area contributed by atoms with E-state index in [9.17, 15) is 9.59 Å². The van der Waals surface area contributed by atoms with E-state index in [0.717, 1.165) is 12.1 Å². The summed E-state index contributed by atoms with van der Waals surface area (Å²) < 4.78 is 0. The van der Waals surface area contributed by atoms with E-state index in [0.29, 0.717) is 12.0 Å². The number of benzene rings is 1. The van der Waals surface area contributed by atoms with Crippen LogP contribution >= 0.6 is 0 Å². The molecule has 1 aromatic carbocycles. The Bertz CT molecular complexity index is 437. The van der Waals surface area contributed by atoms with Gasteiger partial charge >= 0.3 is 0 Å². The van der Waals surface area contributed by atoms with E-state index in [-0.39, 0.29) is 17.5 Å². The molecular weight excluding hydrogens is 202 g/mol. The normalized spacial score (nSPS) is 20.1. The predicted molar refractivity (Wildman–Crippen MR) is 61.7 cm³/mol. The van der Waals surface area contributed by atoms with Gasteiger partial charge in [0, 0.05) is 24.4 Å². The smallest absolute Gasteiger partial charge is 0.228 e. The molecular formula is C13H15NO2. The summed E-state index contributed by atoms with van der Waals surface area (Å²) >= 11 is 0. The van der Waals surface area contributed by atoms with Crippen molar-refractivity contribution in [3.8, 4) is 0 Å². The monoisotopic (exact) mass is 217 g/mol. The lowest BCUT2D eigenvalue weighted by atomic mass is 9.81. The molecule has 0 fully saturated rings. The Morgan fingerprint density at radius 1 is 1.25 bits per heavy atom. The molecule has 0 N–H and O–H groups in total. The first-order valence-electron chi connectivity index (χ1n) is 5.40. The maximum absolute atomic E-state index is 11.7. The fraction of sp³-hybridized carbons (Fsp3) is 0.385. The molecule has 1 unspecified atom stereocenters. The van der Waals surface area contributed by atoms with Crippen molar-refractivity contribution in [3.05, 3.63) is 35.4 Å². The highest BCUT2D eigenvalue weighted by Gasteiger charge is 2.31. The molecule has 3 heteroatoms. The number of fused-ring (bicyclic) bond motifs is 1. The number of hydrogen-bond donors (Lipinski definition) is 0. The first kappa shape index (κ1) is 11.0. The molecule has 2 rings (SSSR count). The molecule has 84 valence electrons. The number of ketones is 2. The molecule has 1 atom stereocenters. The van der Waals surface area contributed by atoms with Crippen LogP contribution in [-0.4, -0.2) is 37.1 Å². The zero-order chi connectivity index (χ0) is 11.7. The van der Waals surface area contributed by atoms with Crippen LogP contribution in [0.5, 0.6) is 0 Å². The van der Waals surface area contributed by atoms with Gasteiger partial charge in [0.15, 0.2) is 0 Å². The van der Waals surface area contributed by atoms with E-state index in [2.05, 4.69) is 0 Å². The van der Waals surface area contributed by atoms with Gasteiger partial charge in [-0.3, -0.25) is 9.59 Å². The van der Waals surface area contributed by atoms with E-state index in [1.165, 1.54) is 0 Å². The fourth-order valence-electron chi connectivity index (χ4n) is 2.24. The van der Waals surface area contributed by atoms with Gasteiger partial charge in [-0.15, -0.1) is 0 Å². The number of likely N-dealkylation sites (N-methyl/N-ethyl adjacent to an activating group) is 1. The van der Waals surface area contributed by atoms with Crippen molar-refractivity contribution < 1.29 is 9.59 Å². The van der Waals surface area contributed by atoms with Crippen molar-refractivity contribution in [1.29, 1.82) is 0 Å². The third-order valence-electron chi connectivity index (χ3n) is 2.92. The Morgan fingerprint density at radius 3 is 2.62 bits per heavy atom. The van der Waals surface area contributed by atoms with Gasteiger partial charge < -0.3 is 4.90 Å². The van der Waals surface area contributed by atoms with Gasteiger partial charge in [0.05, 0.1) is 0 Å². The highest BCUT2D eigenvalue weighted by atomic mass is 16.2. The van der Waals surface area contributed by atoms with Crippen LogP contribution in [0.15, 0.2) is 24.3 Å². The van der Waals surface area contributed by atoms with Crippen molar-refractivity contribution in [2.75, 3.05) is 20.6 Å². The Morgan fingerprint density at radius 2 is 1.94 bits per heavy atom. The van der Waals surface area contributed by atoms with E-state index >= 15 is 0 Å². The molecule has 0 heterocycles. The minimum atomic E-state index is -0.328. The third kappa shape index (κ3) is 1.91. The second kappa shape index (κ2) is 4.18. The first-order valence-corrected chi connectivity index (χ1v) is 5.40. The molecule has 0 aliphatic heterocycles. The number of rotatable bonds is 2. The van der Waals surface area contributed by atoms with Crippen molar-refractivity contribution in [2.24, 2.45) is 0 Å². The Kier molecular flexibility index (Phi) is 2.88. The average Bonchev–Trinajstić information content (AvgIpc) is 2.25. The van der Waals surface area contributed by atoms with Crippen LogP contribution in [0.3, 0.4) is 0 Å². The summed E-state index contributed by atoms with van der Waals surface area (Å²) in [6, 6.07) is 7.43. The zero-order valence-corrected chi connectivity index (χ0v) is 9.56. The van der Waals surface area contributed by atoms with Crippen LogP contribution in [0.25, 0.3) is 0 Å². The van der Waals surface area contributed by atoms with Crippen LogP contribution in [0.1, 0.15) is 28.3 Å². The van der Waals surface area contributed by atoms with Crippen LogP contribution < -0.4 is 0 Å². The predicted octanol–water partition coefficient (Wildman–Crippen LogP) is 1.49. The highest BCUT2D eigenvalue weighted by Crippen LogP contribution is 2.29. The molecule has 1 aliphatic carbocycles. The number of carbonyl (C=O) groups excluding carboxylic acids is 2. The third-order valence-corrected chi connectivity index (χ3v) is 2.92. The number of Topliss-reactive ketones (excluding diaryl/α,β-unsaturated/α-hetero) is 2. The SMILES string of the molecule is CN(C)CC1CC(=O)C(=O)c2ccccc21. The second-order valence-corrected chi connectivity index (χ2v) is 4.50. The minimum Gasteiger partial charge on any atom is -0.309 e. The average molecular weight is 217 g/mol. The van der Waals surface area contributed by atoms with E-state index in [4.69, 9.17) is 0 Å². The highest BCUT2D eigenvalue weighted by molar-refractivity contribution is 6.45. The van der Waals surface area contributed by atoms with Crippen molar-refractivity contribution in [2.45, 2.75) is 12.3 Å². The maximum atomic E-state index is 11.7. The fourth-order valence-corrected chi connectivity index (χ4v) is 2.24. The summed E-state index contributed by atoms with van der Waals surface area (Å²) in [7, 11) is 3.95. The minimum absolute atomic E-state index is 0.149. The van der Waals surface area contributed by atoms with Crippen LogP contribution in [0, 0.1) is 0 Å². The molecule has 3 nitrogen and oxygen atoms in total. The topological polar surface area (TPSA) is 37.4 Å². The first-order chi connectivity index (χ1) is 7.59. The lowest BCUT2D eigenvalue weighted by molar-refractivity contribution is -0.115. The second-order valence-electron chi connectivity index (χ2n) is 4.50. The van der Waals surface area contributed by atoms with Crippen LogP contribution in [0.2, 0.25) is 0 Å². The summed E-state index contributed by atoms with van der Waals surface area (Å²) in [6.45, 7) is 0.802. The van der Waals surface area contributed by atoms with Gasteiger partial charge in [0.2, 0.25) is 11.6 Å². The molecule has 1 aliphatic rings. The Hall–Kier alpha value is -1.48. The van der Waals surface area contributed by atoms with E-state index in [1.807, 2.05) is 37.2 Å². The molecule has 0 spiro atoms. The Balaban J connectivity index is 2.41. The summed E-state index contributed by atoms with van der Waals surface area (Å²) in [4.78, 5) is 25.3.